The molecule has 0 aromatic carbocycles. The molecule has 0 radical (unpaired) electrons. The molecular weight excluding hydrogens is 286 g/mol. The smallest absolute Gasteiger partial charge is 0.296 e. The molecule has 1 aromatic rings. The third kappa shape index (κ3) is 3.69. The van der Waals surface area contributed by atoms with Gasteiger partial charge in [-0.1, -0.05) is 38.5 Å². The van der Waals surface area contributed by atoms with E-state index in [9.17, 15) is 8.42 Å². The molecule has 1 fully saturated rings. The van der Waals surface area contributed by atoms with Crippen molar-refractivity contribution in [2.24, 2.45) is 5.92 Å². The summed E-state index contributed by atoms with van der Waals surface area (Å²) in [5.74, 6) is 1.33. The van der Waals surface area contributed by atoms with E-state index in [-0.39, 0.29) is 5.16 Å². The quantitative estimate of drug-likeness (QED) is 0.634. The Balaban J connectivity index is 2.18. The summed E-state index contributed by atoms with van der Waals surface area (Å²) in [5, 5.41) is 7.64. The zero-order valence-electron chi connectivity index (χ0n) is 11.2. The predicted octanol–water partition coefficient (Wildman–Crippen LogP) is 2.74. The lowest BCUT2D eigenvalue weighted by atomic mass is 9.96. The Bertz CT molecular complexity index is 519. The van der Waals surface area contributed by atoms with E-state index < -0.39 is 9.05 Å². The van der Waals surface area contributed by atoms with Crippen LogP contribution in [0, 0.1) is 5.92 Å². The van der Waals surface area contributed by atoms with Gasteiger partial charge >= 0.3 is 0 Å². The fraction of sp³-hybridized carbons (Fsp3) is 0.833. The van der Waals surface area contributed by atoms with Crippen LogP contribution in [-0.2, 0) is 22.0 Å². The first-order valence-electron chi connectivity index (χ1n) is 6.89. The summed E-state index contributed by atoms with van der Waals surface area (Å²) >= 11 is 0. The molecule has 0 N–H and O–H groups in total. The summed E-state index contributed by atoms with van der Waals surface area (Å²) in [6.45, 7) is 2.40. The van der Waals surface area contributed by atoms with Gasteiger partial charge in [0.1, 0.15) is 5.82 Å². The van der Waals surface area contributed by atoms with Crippen molar-refractivity contribution < 1.29 is 8.42 Å². The van der Waals surface area contributed by atoms with Gasteiger partial charge in [0.2, 0.25) is 0 Å². The number of halogens is 1. The third-order valence-electron chi connectivity index (χ3n) is 3.77. The second-order valence-electron chi connectivity index (χ2n) is 5.14. The van der Waals surface area contributed by atoms with Gasteiger partial charge in [0.05, 0.1) is 0 Å². The minimum atomic E-state index is -3.81. The molecule has 0 atom stereocenters. The molecule has 5 nitrogen and oxygen atoms in total. The van der Waals surface area contributed by atoms with Crippen molar-refractivity contribution in [3.63, 3.8) is 0 Å². The summed E-state index contributed by atoms with van der Waals surface area (Å²) in [4.78, 5) is 0. The normalized spacial score (nSPS) is 18.4. The molecule has 0 saturated heterocycles. The van der Waals surface area contributed by atoms with Gasteiger partial charge in [-0.15, -0.1) is 10.2 Å². The number of nitrogens with zero attached hydrogens (tertiary/aromatic N) is 3. The molecule has 108 valence electrons. The molecule has 1 saturated carbocycles. The minimum absolute atomic E-state index is 0.125. The van der Waals surface area contributed by atoms with Crippen molar-refractivity contribution in [2.75, 3.05) is 0 Å². The molecule has 1 aliphatic rings. The SMILES string of the molecule is CCn1c(CC2CCCCCC2)nnc1S(=O)(=O)Cl. The van der Waals surface area contributed by atoms with E-state index in [0.29, 0.717) is 12.5 Å². The van der Waals surface area contributed by atoms with E-state index in [0.717, 1.165) is 12.2 Å². The maximum absolute atomic E-state index is 11.4. The molecule has 0 bridgehead atoms. The van der Waals surface area contributed by atoms with E-state index in [1.165, 1.54) is 38.5 Å². The van der Waals surface area contributed by atoms with Gasteiger partial charge in [0, 0.05) is 23.6 Å². The lowest BCUT2D eigenvalue weighted by Gasteiger charge is -2.13. The third-order valence-corrected chi connectivity index (χ3v) is 4.93. The van der Waals surface area contributed by atoms with Crippen LogP contribution < -0.4 is 0 Å². The maximum Gasteiger partial charge on any atom is 0.296 e. The topological polar surface area (TPSA) is 64.8 Å². The highest BCUT2D eigenvalue weighted by molar-refractivity contribution is 8.13. The van der Waals surface area contributed by atoms with E-state index >= 15 is 0 Å². The van der Waals surface area contributed by atoms with Crippen LogP contribution in [0.3, 0.4) is 0 Å². The highest BCUT2D eigenvalue weighted by Gasteiger charge is 2.23. The number of hydrogen-bond acceptors (Lipinski definition) is 4. The Labute approximate surface area is 118 Å². The molecule has 0 amide bonds. The fourth-order valence-electron chi connectivity index (χ4n) is 2.79. The van der Waals surface area contributed by atoms with Crippen molar-refractivity contribution in [1.29, 1.82) is 0 Å². The zero-order chi connectivity index (χ0) is 13.9. The van der Waals surface area contributed by atoms with Gasteiger partial charge in [0.25, 0.3) is 14.2 Å². The second-order valence-corrected chi connectivity index (χ2v) is 7.60. The van der Waals surface area contributed by atoms with Crippen molar-refractivity contribution in [3.8, 4) is 0 Å². The monoisotopic (exact) mass is 305 g/mol. The molecule has 0 spiro atoms. The summed E-state index contributed by atoms with van der Waals surface area (Å²) < 4.78 is 24.4. The van der Waals surface area contributed by atoms with Crippen molar-refractivity contribution in [1.82, 2.24) is 14.8 Å². The molecule has 19 heavy (non-hydrogen) atoms. The van der Waals surface area contributed by atoms with Gasteiger partial charge in [-0.2, -0.15) is 0 Å². The molecule has 1 heterocycles. The summed E-state index contributed by atoms with van der Waals surface area (Å²) in [6.07, 6.45) is 8.31. The highest BCUT2D eigenvalue weighted by Crippen LogP contribution is 2.26. The van der Waals surface area contributed by atoms with Crippen molar-refractivity contribution in [2.45, 2.75) is 63.6 Å². The summed E-state index contributed by atoms with van der Waals surface area (Å²) in [7, 11) is 1.56. The Kier molecular flexibility index (Phi) is 4.84. The predicted molar refractivity (Wildman–Crippen MR) is 73.6 cm³/mol. The van der Waals surface area contributed by atoms with Crippen LogP contribution in [0.25, 0.3) is 0 Å². The fourth-order valence-corrected chi connectivity index (χ4v) is 3.77. The van der Waals surface area contributed by atoms with Crippen LogP contribution >= 0.6 is 10.7 Å². The van der Waals surface area contributed by atoms with E-state index in [2.05, 4.69) is 10.2 Å². The maximum atomic E-state index is 11.4. The molecule has 0 aliphatic heterocycles. The highest BCUT2D eigenvalue weighted by atomic mass is 35.7. The minimum Gasteiger partial charge on any atom is -0.301 e. The molecular formula is C12H20ClN3O2S. The van der Waals surface area contributed by atoms with Gasteiger partial charge < -0.3 is 4.57 Å². The molecule has 1 aromatic heterocycles. The first-order valence-corrected chi connectivity index (χ1v) is 9.20. The van der Waals surface area contributed by atoms with Crippen LogP contribution in [0.2, 0.25) is 0 Å². The van der Waals surface area contributed by atoms with Crippen molar-refractivity contribution in [3.05, 3.63) is 5.82 Å². The molecule has 0 unspecified atom stereocenters. The number of rotatable bonds is 4. The lowest BCUT2D eigenvalue weighted by molar-refractivity contribution is 0.436. The Morgan fingerprint density at radius 2 is 1.84 bits per heavy atom. The summed E-state index contributed by atoms with van der Waals surface area (Å²) in [6, 6.07) is 0. The van der Waals surface area contributed by atoms with Crippen LogP contribution in [0.4, 0.5) is 0 Å². The number of hydrogen-bond donors (Lipinski definition) is 0. The first-order chi connectivity index (χ1) is 9.02. The van der Waals surface area contributed by atoms with Crippen LogP contribution in [0.5, 0.6) is 0 Å². The zero-order valence-corrected chi connectivity index (χ0v) is 12.8. The lowest BCUT2D eigenvalue weighted by Crippen LogP contribution is -2.12. The second kappa shape index (κ2) is 6.22. The van der Waals surface area contributed by atoms with Gasteiger partial charge in [0.15, 0.2) is 0 Å². The molecule has 1 aliphatic carbocycles. The molecule has 7 heteroatoms. The van der Waals surface area contributed by atoms with E-state index in [1.807, 2.05) is 6.92 Å². The standard InChI is InChI=1S/C12H20ClN3O2S/c1-2-16-11(14-15-12(16)19(13,17)18)9-10-7-5-3-4-6-8-10/h10H,2-9H2,1H3. The largest absolute Gasteiger partial charge is 0.301 e. The van der Waals surface area contributed by atoms with Gasteiger partial charge in [-0.3, -0.25) is 0 Å². The van der Waals surface area contributed by atoms with Gasteiger partial charge in [-0.25, -0.2) is 8.42 Å². The number of aromatic nitrogens is 3. The van der Waals surface area contributed by atoms with Crippen molar-refractivity contribution >= 4 is 19.7 Å². The first kappa shape index (κ1) is 14.8. The Morgan fingerprint density at radius 3 is 2.37 bits per heavy atom. The van der Waals surface area contributed by atoms with Gasteiger partial charge in [-0.05, 0) is 12.8 Å². The Morgan fingerprint density at radius 1 is 1.21 bits per heavy atom. The van der Waals surface area contributed by atoms with Crippen LogP contribution in [0.15, 0.2) is 5.16 Å². The van der Waals surface area contributed by atoms with E-state index in [4.69, 9.17) is 10.7 Å². The van der Waals surface area contributed by atoms with E-state index in [1.54, 1.807) is 4.57 Å². The Hall–Kier alpha value is -0.620. The molecule has 2 rings (SSSR count). The van der Waals surface area contributed by atoms with Crippen LogP contribution in [-0.4, -0.2) is 23.2 Å². The average molecular weight is 306 g/mol. The van der Waals surface area contributed by atoms with Crippen LogP contribution in [0.1, 0.15) is 51.3 Å². The average Bonchev–Trinajstić information content (AvgIpc) is 2.57. The summed E-state index contributed by atoms with van der Waals surface area (Å²) in [5.41, 5.74) is 0.